The number of aromatic hydroxyl groups is 3. The van der Waals surface area contributed by atoms with Gasteiger partial charge in [-0.05, 0) is 24.3 Å². The summed E-state index contributed by atoms with van der Waals surface area (Å²) >= 11 is 0. The topological polar surface area (TPSA) is 215 Å². The molecule has 13 nitrogen and oxygen atoms in total. The van der Waals surface area contributed by atoms with Gasteiger partial charge in [-0.2, -0.15) is 0 Å². The summed E-state index contributed by atoms with van der Waals surface area (Å²) in [6.45, 7) is -0.649. The van der Waals surface area contributed by atoms with Gasteiger partial charge in [0.1, 0.15) is 60.1 Å². The molecule has 5 atom stereocenters. The minimum absolute atomic E-state index is 0.0262. The van der Waals surface area contributed by atoms with E-state index in [1.807, 2.05) is 0 Å². The lowest BCUT2D eigenvalue weighted by atomic mass is 9.99. The van der Waals surface area contributed by atoms with Crippen LogP contribution >= 0.6 is 0 Å². The molecule has 2 heterocycles. The van der Waals surface area contributed by atoms with E-state index in [-0.39, 0.29) is 39.7 Å². The van der Waals surface area contributed by atoms with Crippen molar-refractivity contribution in [3.05, 3.63) is 42.5 Å². The van der Waals surface area contributed by atoms with Crippen LogP contribution in [0.2, 0.25) is 0 Å². The zero-order chi connectivity index (χ0) is 26.9. The molecular formula is C24H23O13+. The summed E-state index contributed by atoms with van der Waals surface area (Å²) < 4.78 is 21.9. The molecule has 0 saturated carbocycles. The number of aliphatic carboxylic acids is 1. The molecule has 1 aliphatic rings. The van der Waals surface area contributed by atoms with Gasteiger partial charge in [-0.3, -0.25) is 9.59 Å². The summed E-state index contributed by atoms with van der Waals surface area (Å²) in [5, 5.41) is 69.6. The number of carboxylic acids is 1. The molecule has 2 aromatic carbocycles. The average molecular weight is 519 g/mol. The molecule has 1 aromatic heterocycles. The fraction of sp³-hybridized carbons (Fsp3) is 0.292. The van der Waals surface area contributed by atoms with Crippen LogP contribution in [0.5, 0.6) is 23.0 Å². The summed E-state index contributed by atoms with van der Waals surface area (Å²) in [6.07, 6.45) is -9.29. The van der Waals surface area contributed by atoms with Gasteiger partial charge < -0.3 is 50.0 Å². The smallest absolute Gasteiger partial charge is 0.402 e. The fourth-order valence-corrected chi connectivity index (χ4v) is 3.71. The number of fused-ring (bicyclic) bond motifs is 1. The molecule has 5 unspecified atom stereocenters. The number of phenolic OH excluding ortho intramolecular Hbond substituents is 3. The van der Waals surface area contributed by atoms with Crippen LogP contribution < -0.4 is 4.74 Å². The first-order valence-electron chi connectivity index (χ1n) is 10.9. The first kappa shape index (κ1) is 25.9. The maximum atomic E-state index is 11.6. The average Bonchev–Trinajstić information content (AvgIpc) is 2.83. The Labute approximate surface area is 207 Å². The third-order valence-corrected chi connectivity index (χ3v) is 5.56. The lowest BCUT2D eigenvalue weighted by molar-refractivity contribution is -0.278. The summed E-state index contributed by atoms with van der Waals surface area (Å²) in [7, 11) is 0. The maximum Gasteiger partial charge on any atom is 0.402 e. The van der Waals surface area contributed by atoms with E-state index in [1.165, 1.54) is 36.4 Å². The summed E-state index contributed by atoms with van der Waals surface area (Å²) in [5.74, 6) is -3.28. The number of phenols is 3. The number of hydrogen-bond donors (Lipinski definition) is 7. The molecule has 196 valence electrons. The highest BCUT2D eigenvalue weighted by atomic mass is 16.7. The maximum absolute atomic E-state index is 11.6. The summed E-state index contributed by atoms with van der Waals surface area (Å²) in [6, 6.07) is 9.34. The number of rotatable bonds is 7. The summed E-state index contributed by atoms with van der Waals surface area (Å²) in [4.78, 5) is 22.2. The Balaban J connectivity index is 1.67. The van der Waals surface area contributed by atoms with Gasteiger partial charge in [0.25, 0.3) is 0 Å². The first-order chi connectivity index (χ1) is 17.5. The number of benzene rings is 2. The van der Waals surface area contributed by atoms with E-state index in [9.17, 15) is 40.2 Å². The minimum Gasteiger partial charge on any atom is -0.508 e. The second-order valence-electron chi connectivity index (χ2n) is 8.25. The Hall–Kier alpha value is -4.17. The monoisotopic (exact) mass is 519 g/mol. The largest absolute Gasteiger partial charge is 0.508 e. The number of aliphatic hydroxyl groups is 3. The number of carboxylic acid groups (broad SMARTS) is 1. The van der Waals surface area contributed by atoms with Crippen molar-refractivity contribution in [1.82, 2.24) is 0 Å². The van der Waals surface area contributed by atoms with Gasteiger partial charge in [-0.15, -0.1) is 0 Å². The zero-order valence-electron chi connectivity index (χ0n) is 18.9. The van der Waals surface area contributed by atoms with Crippen molar-refractivity contribution in [2.45, 2.75) is 37.1 Å². The molecule has 37 heavy (non-hydrogen) atoms. The highest BCUT2D eigenvalue weighted by Crippen LogP contribution is 2.40. The molecule has 1 aliphatic heterocycles. The normalized spacial score (nSPS) is 23.5. The van der Waals surface area contributed by atoms with E-state index < -0.39 is 55.7 Å². The molecule has 4 rings (SSSR count). The quantitative estimate of drug-likeness (QED) is 0.130. The molecule has 0 radical (unpaired) electrons. The third-order valence-electron chi connectivity index (χ3n) is 5.56. The van der Waals surface area contributed by atoms with Crippen molar-refractivity contribution in [2.75, 3.05) is 6.61 Å². The lowest BCUT2D eigenvalue weighted by Gasteiger charge is -2.39. The van der Waals surface area contributed by atoms with Crippen LogP contribution in [0.4, 0.5) is 0 Å². The number of esters is 1. The highest BCUT2D eigenvalue weighted by Gasteiger charge is 2.46. The Morgan fingerprint density at radius 1 is 0.919 bits per heavy atom. The Bertz CT molecular complexity index is 1310. The molecule has 13 heteroatoms. The summed E-state index contributed by atoms with van der Waals surface area (Å²) in [5.41, 5.74) is 0.444. The lowest BCUT2D eigenvalue weighted by Crippen LogP contribution is -2.60. The van der Waals surface area contributed by atoms with Gasteiger partial charge in [0.15, 0.2) is 0 Å². The van der Waals surface area contributed by atoms with Crippen LogP contribution in [0.25, 0.3) is 22.3 Å². The molecule has 3 aromatic rings. The zero-order valence-corrected chi connectivity index (χ0v) is 18.9. The van der Waals surface area contributed by atoms with Crippen LogP contribution in [0.3, 0.4) is 0 Å². The van der Waals surface area contributed by atoms with Crippen molar-refractivity contribution in [2.24, 2.45) is 0 Å². The van der Waals surface area contributed by atoms with Crippen LogP contribution in [-0.2, 0) is 19.1 Å². The standard InChI is InChI=1S/C24H22O13/c25-11-3-1-10(2-4-11)23-16(7-13-14(27)5-12(26)6-15(13)35-23)36-24-22(33)21(32)20(31)17(37-24)9-34-19(30)8-18(28)29/h1-7,17,20-22,24,31-33H,8-9H2,(H3-,25,26,27,28,29)/p+1. The highest BCUT2D eigenvalue weighted by molar-refractivity contribution is 5.90. The van der Waals surface area contributed by atoms with E-state index in [0.29, 0.717) is 5.56 Å². The number of hydrogen-bond acceptors (Lipinski definition) is 11. The fourth-order valence-electron chi connectivity index (χ4n) is 3.71. The van der Waals surface area contributed by atoms with Gasteiger partial charge in [0.2, 0.25) is 12.0 Å². The molecule has 7 N–H and O–H groups in total. The third kappa shape index (κ3) is 5.65. The molecule has 0 spiro atoms. The van der Waals surface area contributed by atoms with Crippen molar-refractivity contribution in [3.63, 3.8) is 0 Å². The van der Waals surface area contributed by atoms with Crippen LogP contribution in [0, 0.1) is 0 Å². The van der Waals surface area contributed by atoms with Gasteiger partial charge >= 0.3 is 23.3 Å². The first-order valence-corrected chi connectivity index (χ1v) is 10.9. The van der Waals surface area contributed by atoms with Crippen LogP contribution in [0.1, 0.15) is 6.42 Å². The second-order valence-corrected chi connectivity index (χ2v) is 8.25. The number of ether oxygens (including phenoxy) is 3. The van der Waals surface area contributed by atoms with E-state index >= 15 is 0 Å². The van der Waals surface area contributed by atoms with Gasteiger partial charge in [-0.1, -0.05) is 0 Å². The van der Waals surface area contributed by atoms with E-state index in [4.69, 9.17) is 23.7 Å². The Kier molecular flexibility index (Phi) is 7.31. The van der Waals surface area contributed by atoms with E-state index in [0.717, 1.165) is 6.07 Å². The number of carbonyl (C=O) groups is 2. The van der Waals surface area contributed by atoms with E-state index in [2.05, 4.69) is 0 Å². The van der Waals surface area contributed by atoms with Gasteiger partial charge in [0.05, 0.1) is 11.6 Å². The van der Waals surface area contributed by atoms with Crippen molar-refractivity contribution >= 4 is 22.9 Å². The molecular weight excluding hydrogens is 496 g/mol. The molecule has 0 bridgehead atoms. The number of aliphatic hydroxyl groups excluding tert-OH is 3. The molecule has 1 fully saturated rings. The predicted octanol–water partition coefficient (Wildman–Crippen LogP) is 0.702. The Morgan fingerprint density at radius 2 is 1.62 bits per heavy atom. The van der Waals surface area contributed by atoms with Gasteiger partial charge in [-0.25, -0.2) is 4.42 Å². The van der Waals surface area contributed by atoms with Gasteiger partial charge in [0, 0.05) is 12.1 Å². The Morgan fingerprint density at radius 3 is 2.30 bits per heavy atom. The molecule has 1 saturated heterocycles. The van der Waals surface area contributed by atoms with Crippen molar-refractivity contribution < 1.29 is 64.0 Å². The van der Waals surface area contributed by atoms with Crippen molar-refractivity contribution in [1.29, 1.82) is 0 Å². The van der Waals surface area contributed by atoms with Crippen molar-refractivity contribution in [3.8, 4) is 34.3 Å². The molecule has 0 amide bonds. The van der Waals surface area contributed by atoms with Crippen LogP contribution in [0.15, 0.2) is 46.9 Å². The molecule has 0 aliphatic carbocycles. The number of carbonyl (C=O) groups excluding carboxylic acids is 1. The predicted molar refractivity (Wildman–Crippen MR) is 122 cm³/mol. The van der Waals surface area contributed by atoms with E-state index in [1.54, 1.807) is 0 Å². The SMILES string of the molecule is O=C(O)CC(=O)OCC1OC(Oc2cc3c(O)cc(O)cc3[o+]c2-c2ccc(O)cc2)C(O)C(O)C1O. The minimum atomic E-state index is -1.80. The second kappa shape index (κ2) is 10.4. The van der Waals surface area contributed by atoms with Crippen LogP contribution in [-0.4, -0.2) is 85.0 Å².